The van der Waals surface area contributed by atoms with Crippen LogP contribution < -0.4 is 5.69 Å². The first-order valence-electron chi connectivity index (χ1n) is 4.51. The summed E-state index contributed by atoms with van der Waals surface area (Å²) in [4.78, 5) is 12.6. The number of hydrogen-bond acceptors (Lipinski definition) is 3. The second-order valence-electron chi connectivity index (χ2n) is 3.24. The van der Waals surface area contributed by atoms with Crippen molar-refractivity contribution in [3.8, 4) is 0 Å². The zero-order chi connectivity index (χ0) is 10.8. The summed E-state index contributed by atoms with van der Waals surface area (Å²) in [6.45, 7) is 1.85. The molecule has 0 radical (unpaired) electrons. The van der Waals surface area contributed by atoms with Gasteiger partial charge < -0.3 is 4.57 Å². The van der Waals surface area contributed by atoms with Crippen LogP contribution >= 0.6 is 11.3 Å². The molecule has 15 heavy (non-hydrogen) atoms. The zero-order valence-corrected chi connectivity index (χ0v) is 9.36. The van der Waals surface area contributed by atoms with E-state index in [1.165, 1.54) is 9.24 Å². The van der Waals surface area contributed by atoms with Crippen molar-refractivity contribution in [2.75, 3.05) is 0 Å². The summed E-state index contributed by atoms with van der Waals surface area (Å²) >= 11 is 1.59. The topological polar surface area (TPSA) is 39.3 Å². The summed E-state index contributed by atoms with van der Waals surface area (Å²) in [6.07, 6.45) is 3.45. The molecule has 0 N–H and O–H groups in total. The van der Waals surface area contributed by atoms with Gasteiger partial charge in [-0.15, -0.1) is 11.3 Å². The van der Waals surface area contributed by atoms with E-state index in [4.69, 9.17) is 0 Å². The average molecular weight is 221 g/mol. The van der Waals surface area contributed by atoms with Crippen molar-refractivity contribution in [2.45, 2.75) is 6.92 Å². The van der Waals surface area contributed by atoms with E-state index in [2.05, 4.69) is 5.10 Å². The van der Waals surface area contributed by atoms with Crippen LogP contribution in [0.4, 0.5) is 0 Å². The molecule has 0 saturated carbocycles. The predicted octanol–water partition coefficient (Wildman–Crippen LogP) is 1.44. The van der Waals surface area contributed by atoms with Crippen molar-refractivity contribution in [3.05, 3.63) is 44.8 Å². The number of aromatic nitrogens is 2. The van der Waals surface area contributed by atoms with Gasteiger partial charge in [0.05, 0.1) is 11.9 Å². The van der Waals surface area contributed by atoms with Gasteiger partial charge in [0.25, 0.3) is 0 Å². The normalized spacial score (nSPS) is 11.3. The minimum Gasteiger partial charge on any atom is -0.300 e. The van der Waals surface area contributed by atoms with Crippen LogP contribution in [0.25, 0.3) is 0 Å². The van der Waals surface area contributed by atoms with Crippen molar-refractivity contribution in [1.29, 1.82) is 0 Å². The van der Waals surface area contributed by atoms with Gasteiger partial charge in [-0.05, 0) is 18.4 Å². The highest BCUT2D eigenvalue weighted by molar-refractivity contribution is 7.11. The number of rotatable bonds is 2. The number of thiophene rings is 1. The van der Waals surface area contributed by atoms with E-state index in [1.54, 1.807) is 30.8 Å². The van der Waals surface area contributed by atoms with Gasteiger partial charge >= 0.3 is 5.69 Å². The molecule has 2 aromatic heterocycles. The zero-order valence-electron chi connectivity index (χ0n) is 8.54. The monoisotopic (exact) mass is 221 g/mol. The Morgan fingerprint density at radius 3 is 2.87 bits per heavy atom. The average Bonchev–Trinajstić information content (AvgIpc) is 2.76. The molecule has 0 aliphatic carbocycles. The molecule has 78 valence electrons. The van der Waals surface area contributed by atoms with Crippen LogP contribution in [0, 0.1) is 6.92 Å². The molecule has 2 aromatic rings. The van der Waals surface area contributed by atoms with E-state index in [-0.39, 0.29) is 5.69 Å². The quantitative estimate of drug-likeness (QED) is 0.707. The van der Waals surface area contributed by atoms with Gasteiger partial charge in [0.1, 0.15) is 0 Å². The van der Waals surface area contributed by atoms with Gasteiger partial charge in [-0.1, -0.05) is 6.07 Å². The van der Waals surface area contributed by atoms with E-state index >= 15 is 0 Å². The van der Waals surface area contributed by atoms with Gasteiger partial charge in [0.15, 0.2) is 0 Å². The number of nitrogens with zero attached hydrogens (tertiary/aromatic N) is 3. The third kappa shape index (κ3) is 1.92. The highest BCUT2D eigenvalue weighted by Crippen LogP contribution is 2.05. The summed E-state index contributed by atoms with van der Waals surface area (Å²) in [7, 11) is 1.71. The van der Waals surface area contributed by atoms with Gasteiger partial charge in [-0.25, -0.2) is 4.79 Å². The van der Waals surface area contributed by atoms with Crippen molar-refractivity contribution in [3.63, 3.8) is 0 Å². The fourth-order valence-electron chi connectivity index (χ4n) is 1.31. The maximum absolute atomic E-state index is 11.6. The fraction of sp³-hybridized carbons (Fsp3) is 0.200. The van der Waals surface area contributed by atoms with Crippen LogP contribution in [0.3, 0.4) is 0 Å². The molecule has 0 unspecified atom stereocenters. The highest BCUT2D eigenvalue weighted by atomic mass is 32.1. The van der Waals surface area contributed by atoms with E-state index in [9.17, 15) is 4.79 Å². The van der Waals surface area contributed by atoms with E-state index in [0.29, 0.717) is 0 Å². The van der Waals surface area contributed by atoms with E-state index in [0.717, 1.165) is 10.6 Å². The van der Waals surface area contributed by atoms with Gasteiger partial charge in [0, 0.05) is 18.1 Å². The van der Waals surface area contributed by atoms with Gasteiger partial charge in [-0.3, -0.25) is 0 Å². The lowest BCUT2D eigenvalue weighted by atomic mass is 10.5. The molecule has 0 aliphatic heterocycles. The molecule has 0 fully saturated rings. The molecule has 0 amide bonds. The Hall–Kier alpha value is -1.62. The summed E-state index contributed by atoms with van der Waals surface area (Å²) in [5.41, 5.74) is 0.704. The molecular formula is C10H11N3OS. The Balaban J connectivity index is 2.36. The summed E-state index contributed by atoms with van der Waals surface area (Å²) in [5, 5.41) is 6.11. The van der Waals surface area contributed by atoms with Crippen molar-refractivity contribution >= 4 is 17.6 Å². The summed E-state index contributed by atoms with van der Waals surface area (Å²) in [6, 6.07) is 3.91. The van der Waals surface area contributed by atoms with Crippen LogP contribution in [0.15, 0.2) is 33.6 Å². The Kier molecular flexibility index (Phi) is 2.55. The molecule has 0 saturated heterocycles. The lowest BCUT2D eigenvalue weighted by Crippen LogP contribution is -2.19. The Labute approximate surface area is 91.1 Å². The molecule has 0 spiro atoms. The van der Waals surface area contributed by atoms with Crippen LogP contribution in [0.2, 0.25) is 0 Å². The second kappa shape index (κ2) is 3.86. The maximum atomic E-state index is 11.6. The standard InChI is InChI=1S/C10H11N3OS/c1-8-7-12(2)10(14)13(8)11-6-9-4-3-5-15-9/h3-7H,1-2H3/b11-6+. The van der Waals surface area contributed by atoms with Crippen molar-refractivity contribution in [1.82, 2.24) is 9.24 Å². The van der Waals surface area contributed by atoms with Crippen molar-refractivity contribution < 1.29 is 0 Å². The lowest BCUT2D eigenvalue weighted by molar-refractivity contribution is 0.750. The number of hydrogen-bond donors (Lipinski definition) is 0. The first-order chi connectivity index (χ1) is 7.18. The first kappa shape index (κ1) is 9.92. The van der Waals surface area contributed by atoms with Crippen LogP contribution in [-0.4, -0.2) is 15.5 Å². The molecular weight excluding hydrogens is 210 g/mol. The second-order valence-corrected chi connectivity index (χ2v) is 4.22. The molecule has 5 heteroatoms. The van der Waals surface area contributed by atoms with Crippen molar-refractivity contribution in [2.24, 2.45) is 12.1 Å². The predicted molar refractivity (Wildman–Crippen MR) is 61.7 cm³/mol. The van der Waals surface area contributed by atoms with E-state index < -0.39 is 0 Å². The summed E-state index contributed by atoms with van der Waals surface area (Å²) in [5.74, 6) is 0. The van der Waals surface area contributed by atoms with Crippen LogP contribution in [-0.2, 0) is 7.05 Å². The first-order valence-corrected chi connectivity index (χ1v) is 5.39. The lowest BCUT2D eigenvalue weighted by Gasteiger charge is -1.92. The molecule has 4 nitrogen and oxygen atoms in total. The largest absolute Gasteiger partial charge is 0.348 e. The Morgan fingerprint density at radius 1 is 1.53 bits per heavy atom. The van der Waals surface area contributed by atoms with Crippen LogP contribution in [0.1, 0.15) is 10.6 Å². The van der Waals surface area contributed by atoms with Crippen LogP contribution in [0.5, 0.6) is 0 Å². The number of aryl methyl sites for hydroxylation is 2. The van der Waals surface area contributed by atoms with Gasteiger partial charge in [0.2, 0.25) is 0 Å². The number of imidazole rings is 1. The smallest absolute Gasteiger partial charge is 0.300 e. The van der Waals surface area contributed by atoms with E-state index in [1.807, 2.05) is 24.4 Å². The maximum Gasteiger partial charge on any atom is 0.348 e. The molecule has 0 aromatic carbocycles. The SMILES string of the molecule is Cc1cn(C)c(=O)n1/N=C/c1cccs1. The minimum atomic E-state index is -0.125. The Morgan fingerprint density at radius 2 is 2.33 bits per heavy atom. The molecule has 2 rings (SSSR count). The fourth-order valence-corrected chi connectivity index (χ4v) is 1.89. The highest BCUT2D eigenvalue weighted by Gasteiger charge is 2.02. The third-order valence-corrected chi connectivity index (χ3v) is 2.85. The molecule has 0 bridgehead atoms. The summed E-state index contributed by atoms with van der Waals surface area (Å²) < 4.78 is 2.90. The molecule has 2 heterocycles. The Bertz CT molecular complexity index is 534. The minimum absolute atomic E-state index is 0.125. The van der Waals surface area contributed by atoms with Gasteiger partial charge in [-0.2, -0.15) is 9.78 Å². The molecule has 0 atom stereocenters. The third-order valence-electron chi connectivity index (χ3n) is 2.04. The molecule has 0 aliphatic rings.